The Morgan fingerprint density at radius 3 is 2.62 bits per heavy atom. The van der Waals surface area contributed by atoms with Gasteiger partial charge in [0.1, 0.15) is 14.1 Å². The first-order chi connectivity index (χ1) is 6.09. The number of halogens is 1. The lowest BCUT2D eigenvalue weighted by atomic mass is 10.4. The standard InChI is InChI=1S/C10H13ClNS/c1-8-4-5-10(13-8)9(11)6-7-12(2)3/h4-7H,1-3H3/q+1. The van der Waals surface area contributed by atoms with E-state index in [-0.39, 0.29) is 0 Å². The largest absolute Gasteiger partial charge is 0.241 e. The summed E-state index contributed by atoms with van der Waals surface area (Å²) < 4.78 is 1.96. The highest BCUT2D eigenvalue weighted by Gasteiger charge is 2.00. The zero-order valence-electron chi connectivity index (χ0n) is 8.04. The summed E-state index contributed by atoms with van der Waals surface area (Å²) in [6.07, 6.45) is 3.85. The molecule has 0 bridgehead atoms. The molecule has 0 amide bonds. The number of hydrogen-bond acceptors (Lipinski definition) is 1. The van der Waals surface area contributed by atoms with Gasteiger partial charge < -0.3 is 0 Å². The van der Waals surface area contributed by atoms with Gasteiger partial charge >= 0.3 is 0 Å². The number of thiophene rings is 1. The number of nitrogens with zero attached hydrogens (tertiary/aromatic N) is 1. The molecule has 0 aromatic carbocycles. The van der Waals surface area contributed by atoms with Crippen LogP contribution in [0.4, 0.5) is 0 Å². The van der Waals surface area contributed by atoms with E-state index in [2.05, 4.69) is 13.0 Å². The van der Waals surface area contributed by atoms with Gasteiger partial charge in [-0.25, -0.2) is 4.58 Å². The molecule has 0 aliphatic rings. The van der Waals surface area contributed by atoms with Crippen molar-refractivity contribution < 1.29 is 4.58 Å². The molecule has 0 aliphatic carbocycles. The summed E-state index contributed by atoms with van der Waals surface area (Å²) in [6, 6.07) is 4.12. The van der Waals surface area contributed by atoms with Gasteiger partial charge in [0.05, 0.1) is 5.03 Å². The van der Waals surface area contributed by atoms with Crippen LogP contribution in [-0.2, 0) is 0 Å². The highest BCUT2D eigenvalue weighted by molar-refractivity contribution is 7.13. The molecule has 1 aromatic heterocycles. The van der Waals surface area contributed by atoms with Gasteiger partial charge in [0.25, 0.3) is 0 Å². The van der Waals surface area contributed by atoms with E-state index in [1.165, 1.54) is 4.88 Å². The van der Waals surface area contributed by atoms with E-state index in [0.717, 1.165) is 9.91 Å². The minimum atomic E-state index is 0.798. The number of hydrogen-bond donors (Lipinski definition) is 0. The van der Waals surface area contributed by atoms with Crippen LogP contribution < -0.4 is 0 Å². The summed E-state index contributed by atoms with van der Waals surface area (Å²) >= 11 is 7.79. The maximum absolute atomic E-state index is 6.08. The molecule has 70 valence electrons. The zero-order chi connectivity index (χ0) is 9.84. The average Bonchev–Trinajstić information content (AvgIpc) is 2.47. The van der Waals surface area contributed by atoms with Gasteiger partial charge in [-0.2, -0.15) is 0 Å². The van der Waals surface area contributed by atoms with Crippen molar-refractivity contribution in [1.29, 1.82) is 0 Å². The van der Waals surface area contributed by atoms with Crippen molar-refractivity contribution in [1.82, 2.24) is 0 Å². The van der Waals surface area contributed by atoms with E-state index in [1.54, 1.807) is 11.3 Å². The molecule has 1 rings (SSSR count). The lowest BCUT2D eigenvalue weighted by Crippen LogP contribution is -1.95. The second-order valence-corrected chi connectivity index (χ2v) is 4.73. The monoisotopic (exact) mass is 214 g/mol. The molecule has 1 heterocycles. The van der Waals surface area contributed by atoms with Crippen LogP contribution in [-0.4, -0.2) is 24.9 Å². The molecular weight excluding hydrogens is 202 g/mol. The molecule has 0 spiro atoms. The van der Waals surface area contributed by atoms with Gasteiger partial charge in [0.2, 0.25) is 0 Å². The Balaban J connectivity index is 2.85. The van der Waals surface area contributed by atoms with Gasteiger partial charge in [-0.05, 0) is 19.1 Å². The average molecular weight is 215 g/mol. The van der Waals surface area contributed by atoms with Crippen LogP contribution in [0.5, 0.6) is 0 Å². The second-order valence-electron chi connectivity index (χ2n) is 3.04. The molecule has 13 heavy (non-hydrogen) atoms. The molecule has 0 atom stereocenters. The van der Waals surface area contributed by atoms with E-state index in [4.69, 9.17) is 11.6 Å². The molecule has 0 aliphatic heterocycles. The third-order valence-corrected chi connectivity index (χ3v) is 2.97. The molecule has 0 unspecified atom stereocenters. The summed E-state index contributed by atoms with van der Waals surface area (Å²) in [6.45, 7) is 2.08. The second kappa shape index (κ2) is 4.58. The summed E-state index contributed by atoms with van der Waals surface area (Å²) in [4.78, 5) is 2.41. The summed E-state index contributed by atoms with van der Waals surface area (Å²) in [5, 5.41) is 0.798. The van der Waals surface area contributed by atoms with E-state index >= 15 is 0 Å². The van der Waals surface area contributed by atoms with E-state index in [9.17, 15) is 0 Å². The Morgan fingerprint density at radius 2 is 2.15 bits per heavy atom. The van der Waals surface area contributed by atoms with Crippen LogP contribution in [0.15, 0.2) is 18.2 Å². The predicted molar refractivity (Wildman–Crippen MR) is 61.1 cm³/mol. The maximum Gasteiger partial charge on any atom is 0.164 e. The van der Waals surface area contributed by atoms with Crippen molar-refractivity contribution in [3.8, 4) is 0 Å². The number of allylic oxidation sites excluding steroid dienone is 1. The van der Waals surface area contributed by atoms with Gasteiger partial charge in [0, 0.05) is 15.8 Å². The maximum atomic E-state index is 6.08. The van der Waals surface area contributed by atoms with Crippen LogP contribution in [0.1, 0.15) is 9.75 Å². The highest BCUT2D eigenvalue weighted by Crippen LogP contribution is 2.25. The summed E-state index contributed by atoms with van der Waals surface area (Å²) in [5.41, 5.74) is 0. The van der Waals surface area contributed by atoms with Crippen LogP contribution in [0.3, 0.4) is 0 Å². The molecule has 0 radical (unpaired) electrons. The Kier molecular flexibility index (Phi) is 3.70. The summed E-state index contributed by atoms with van der Waals surface area (Å²) in [5.74, 6) is 0. The molecule has 0 fully saturated rings. The minimum Gasteiger partial charge on any atom is -0.241 e. The van der Waals surface area contributed by atoms with Crippen LogP contribution in [0.25, 0.3) is 5.03 Å². The number of rotatable bonds is 2. The zero-order valence-corrected chi connectivity index (χ0v) is 9.62. The highest BCUT2D eigenvalue weighted by atomic mass is 35.5. The fourth-order valence-corrected chi connectivity index (χ4v) is 1.88. The minimum absolute atomic E-state index is 0.798. The fourth-order valence-electron chi connectivity index (χ4n) is 0.860. The first-order valence-corrected chi connectivity index (χ1v) is 5.23. The Labute approximate surface area is 88.0 Å². The number of aryl methyl sites for hydroxylation is 1. The van der Waals surface area contributed by atoms with Crippen molar-refractivity contribution in [2.45, 2.75) is 6.92 Å². The molecule has 1 aromatic rings. The van der Waals surface area contributed by atoms with Gasteiger partial charge in [-0.15, -0.1) is 11.3 Å². The first kappa shape index (κ1) is 10.5. The molecule has 1 nitrogen and oxygen atoms in total. The Hall–Kier alpha value is -0.600. The molecule has 0 N–H and O–H groups in total. The van der Waals surface area contributed by atoms with Gasteiger partial charge in [-0.3, -0.25) is 0 Å². The fraction of sp³-hybridized carbons (Fsp3) is 0.300. The van der Waals surface area contributed by atoms with Crippen molar-refractivity contribution in [2.75, 3.05) is 14.1 Å². The molecular formula is C10H13ClNS+. The van der Waals surface area contributed by atoms with Gasteiger partial charge in [0.15, 0.2) is 6.21 Å². The van der Waals surface area contributed by atoms with Gasteiger partial charge in [-0.1, -0.05) is 11.6 Å². The Bertz CT molecular complexity index is 346. The lowest BCUT2D eigenvalue weighted by molar-refractivity contribution is -0.458. The van der Waals surface area contributed by atoms with Crippen molar-refractivity contribution in [2.24, 2.45) is 0 Å². The topological polar surface area (TPSA) is 3.01 Å². The predicted octanol–water partition coefficient (Wildman–Crippen LogP) is 2.98. The van der Waals surface area contributed by atoms with Crippen LogP contribution in [0.2, 0.25) is 0 Å². The lowest BCUT2D eigenvalue weighted by Gasteiger charge is -1.89. The van der Waals surface area contributed by atoms with Crippen molar-refractivity contribution >= 4 is 34.2 Å². The normalized spacial score (nSPS) is 11.5. The summed E-state index contributed by atoms with van der Waals surface area (Å²) in [7, 11) is 3.95. The Morgan fingerprint density at radius 1 is 1.46 bits per heavy atom. The third-order valence-electron chi connectivity index (χ3n) is 1.49. The molecule has 3 heteroatoms. The van der Waals surface area contributed by atoms with Crippen molar-refractivity contribution in [3.05, 3.63) is 28.0 Å². The molecule has 0 saturated carbocycles. The quantitative estimate of drug-likeness (QED) is 0.526. The third kappa shape index (κ3) is 3.33. The van der Waals surface area contributed by atoms with E-state index < -0.39 is 0 Å². The van der Waals surface area contributed by atoms with E-state index in [0.29, 0.717) is 0 Å². The van der Waals surface area contributed by atoms with Crippen LogP contribution >= 0.6 is 22.9 Å². The first-order valence-electron chi connectivity index (χ1n) is 4.03. The smallest absolute Gasteiger partial charge is 0.164 e. The SMILES string of the molecule is Cc1ccc(C(Cl)=CC=[N+](C)C)s1. The van der Waals surface area contributed by atoms with Crippen LogP contribution in [0, 0.1) is 6.92 Å². The van der Waals surface area contributed by atoms with Crippen molar-refractivity contribution in [3.63, 3.8) is 0 Å². The van der Waals surface area contributed by atoms with E-state index in [1.807, 2.05) is 37.0 Å². The molecule has 0 saturated heterocycles.